The Morgan fingerprint density at radius 3 is 2.84 bits per heavy atom. The van der Waals surface area contributed by atoms with Crippen molar-refractivity contribution in [1.29, 1.82) is 0 Å². The number of benzene rings is 2. The smallest absolute Gasteiger partial charge is 0.266 e. The van der Waals surface area contributed by atoms with E-state index in [0.717, 1.165) is 73.3 Å². The second-order valence-corrected chi connectivity index (χ2v) is 12.0. The van der Waals surface area contributed by atoms with Crippen molar-refractivity contribution >= 4 is 51.2 Å². The summed E-state index contributed by atoms with van der Waals surface area (Å²) in [6.45, 7) is 5.13. The first-order valence-corrected chi connectivity index (χ1v) is 15.5. The molecular formula is C30H33N7O4S2. The number of nitrogens with zero attached hydrogens (tertiary/aromatic N) is 5. The third-order valence-electron chi connectivity index (χ3n) is 7.51. The van der Waals surface area contributed by atoms with Crippen LogP contribution in [0.2, 0.25) is 0 Å². The lowest BCUT2D eigenvalue weighted by Gasteiger charge is -2.26. The molecule has 4 aromatic rings. The van der Waals surface area contributed by atoms with Gasteiger partial charge >= 0.3 is 0 Å². The van der Waals surface area contributed by atoms with Gasteiger partial charge in [0.1, 0.15) is 10.9 Å². The Morgan fingerprint density at radius 2 is 2.02 bits per heavy atom. The monoisotopic (exact) mass is 619 g/mol. The van der Waals surface area contributed by atoms with Crippen LogP contribution in [0, 0.1) is 0 Å². The number of morpholine rings is 1. The molecule has 1 amide bonds. The van der Waals surface area contributed by atoms with Crippen LogP contribution in [0.15, 0.2) is 47.5 Å². The predicted octanol–water partition coefficient (Wildman–Crippen LogP) is 4.29. The second-order valence-electron chi connectivity index (χ2n) is 10.3. The molecule has 43 heavy (non-hydrogen) atoms. The summed E-state index contributed by atoms with van der Waals surface area (Å²) in [4.78, 5) is 21.2. The van der Waals surface area contributed by atoms with Crippen LogP contribution in [0.25, 0.3) is 28.1 Å². The molecule has 2 fully saturated rings. The number of H-pyrrole nitrogens is 2. The number of ether oxygens (including phenoxy) is 3. The van der Waals surface area contributed by atoms with Crippen LogP contribution < -0.4 is 9.47 Å². The number of carbonyl (C=O) groups is 1. The number of hydrogen-bond donors (Lipinski definition) is 2. The van der Waals surface area contributed by atoms with Crippen LogP contribution in [0.4, 0.5) is 0 Å². The molecule has 2 aliphatic heterocycles. The average Bonchev–Trinajstić information content (AvgIpc) is 3.78. The molecule has 0 radical (unpaired) electrons. The van der Waals surface area contributed by atoms with E-state index in [-0.39, 0.29) is 5.91 Å². The van der Waals surface area contributed by atoms with E-state index in [0.29, 0.717) is 46.1 Å². The van der Waals surface area contributed by atoms with Gasteiger partial charge in [0.25, 0.3) is 5.91 Å². The molecule has 0 aliphatic carbocycles. The van der Waals surface area contributed by atoms with Crippen molar-refractivity contribution in [2.75, 3.05) is 53.1 Å². The molecule has 2 aromatic heterocycles. The molecule has 2 aliphatic rings. The number of thiocarbonyl (C=S) groups is 1. The highest BCUT2D eigenvalue weighted by atomic mass is 32.2. The molecule has 2 saturated heterocycles. The quantitative estimate of drug-likeness (QED) is 0.135. The minimum Gasteiger partial charge on any atom is -0.493 e. The summed E-state index contributed by atoms with van der Waals surface area (Å²) in [7, 11) is 1.64. The first kappa shape index (κ1) is 29.3. The molecule has 0 bridgehead atoms. The Kier molecular flexibility index (Phi) is 9.32. The number of nitrogens with one attached hydrogen (secondary N) is 2. The van der Waals surface area contributed by atoms with Gasteiger partial charge in [-0.1, -0.05) is 35.3 Å². The SMILES string of the molecule is COc1cc(/C=C2\SC(=S)N(CCCCc3nn[nH]n3)C2=O)cc(-c2ccc3[nH]ccc3c2)c1OCCN1CCOCC1. The first-order chi connectivity index (χ1) is 21.1. The topological polar surface area (TPSA) is 121 Å². The van der Waals surface area contributed by atoms with Crippen LogP contribution in [0.5, 0.6) is 11.5 Å². The average molecular weight is 620 g/mol. The number of unbranched alkanes of at least 4 members (excludes halogenated alkanes) is 1. The van der Waals surface area contributed by atoms with E-state index >= 15 is 0 Å². The van der Waals surface area contributed by atoms with Crippen LogP contribution >= 0.6 is 24.0 Å². The van der Waals surface area contributed by atoms with Gasteiger partial charge in [0.15, 0.2) is 17.3 Å². The second kappa shape index (κ2) is 13.7. The number of amides is 1. The molecular weight excluding hydrogens is 587 g/mol. The fourth-order valence-electron chi connectivity index (χ4n) is 5.23. The first-order valence-electron chi connectivity index (χ1n) is 14.3. The third-order valence-corrected chi connectivity index (χ3v) is 8.89. The van der Waals surface area contributed by atoms with Gasteiger partial charge in [0.2, 0.25) is 0 Å². The number of methoxy groups -OCH3 is 1. The highest BCUT2D eigenvalue weighted by Crippen LogP contribution is 2.42. The lowest BCUT2D eigenvalue weighted by atomic mass is 9.99. The van der Waals surface area contributed by atoms with Gasteiger partial charge in [-0.3, -0.25) is 14.6 Å². The van der Waals surface area contributed by atoms with Crippen molar-refractivity contribution in [1.82, 2.24) is 35.4 Å². The molecule has 2 N–H and O–H groups in total. The fraction of sp³-hybridized carbons (Fsp3) is 0.367. The largest absolute Gasteiger partial charge is 0.493 e. The maximum absolute atomic E-state index is 13.4. The summed E-state index contributed by atoms with van der Waals surface area (Å²) in [6.07, 6.45) is 6.12. The van der Waals surface area contributed by atoms with E-state index in [4.69, 9.17) is 26.4 Å². The minimum atomic E-state index is -0.0883. The zero-order valence-electron chi connectivity index (χ0n) is 23.9. The van der Waals surface area contributed by atoms with E-state index in [1.165, 1.54) is 11.8 Å². The Morgan fingerprint density at radius 1 is 1.14 bits per heavy atom. The van der Waals surface area contributed by atoms with E-state index in [1.54, 1.807) is 12.0 Å². The zero-order chi connectivity index (χ0) is 29.6. The number of aryl methyl sites for hydroxylation is 1. The Hall–Kier alpha value is -3.78. The Balaban J connectivity index is 1.24. The highest BCUT2D eigenvalue weighted by Gasteiger charge is 2.31. The van der Waals surface area contributed by atoms with Gasteiger partial charge < -0.3 is 19.2 Å². The summed E-state index contributed by atoms with van der Waals surface area (Å²) >= 11 is 6.90. The summed E-state index contributed by atoms with van der Waals surface area (Å²) < 4.78 is 18.3. The summed E-state index contributed by atoms with van der Waals surface area (Å²) in [5, 5.41) is 15.1. The molecule has 0 unspecified atom stereocenters. The molecule has 4 heterocycles. The van der Waals surface area contributed by atoms with E-state index in [2.05, 4.69) is 54.8 Å². The van der Waals surface area contributed by atoms with E-state index < -0.39 is 0 Å². The molecule has 224 valence electrons. The Labute approximate surface area is 258 Å². The van der Waals surface area contributed by atoms with E-state index in [1.807, 2.05) is 24.4 Å². The maximum atomic E-state index is 13.4. The lowest BCUT2D eigenvalue weighted by molar-refractivity contribution is -0.122. The number of fused-ring (bicyclic) bond motifs is 1. The van der Waals surface area contributed by atoms with Gasteiger partial charge in [0.05, 0.1) is 25.2 Å². The maximum Gasteiger partial charge on any atom is 0.266 e. The number of tetrazole rings is 1. The summed E-state index contributed by atoms with van der Waals surface area (Å²) in [5.74, 6) is 1.86. The minimum absolute atomic E-state index is 0.0883. The van der Waals surface area contributed by atoms with Crippen LogP contribution in [0.3, 0.4) is 0 Å². The van der Waals surface area contributed by atoms with Gasteiger partial charge in [-0.2, -0.15) is 5.21 Å². The van der Waals surface area contributed by atoms with Crippen molar-refractivity contribution in [3.63, 3.8) is 0 Å². The summed E-state index contributed by atoms with van der Waals surface area (Å²) in [5.41, 5.74) is 3.78. The van der Waals surface area contributed by atoms with Crippen molar-refractivity contribution in [3.8, 4) is 22.6 Å². The number of aromatic nitrogens is 5. The molecule has 11 nitrogen and oxygen atoms in total. The van der Waals surface area contributed by atoms with Crippen molar-refractivity contribution < 1.29 is 19.0 Å². The zero-order valence-corrected chi connectivity index (χ0v) is 25.5. The number of thioether (sulfide) groups is 1. The van der Waals surface area contributed by atoms with Gasteiger partial charge in [-0.25, -0.2) is 0 Å². The third kappa shape index (κ3) is 6.90. The Bertz CT molecular complexity index is 1620. The molecule has 13 heteroatoms. The predicted molar refractivity (Wildman–Crippen MR) is 170 cm³/mol. The van der Waals surface area contributed by atoms with Crippen molar-refractivity contribution in [2.45, 2.75) is 19.3 Å². The van der Waals surface area contributed by atoms with Crippen molar-refractivity contribution in [3.05, 3.63) is 58.9 Å². The number of carbonyl (C=O) groups excluding carboxylic acids is 1. The summed E-state index contributed by atoms with van der Waals surface area (Å²) in [6, 6.07) is 12.3. The molecule has 0 atom stereocenters. The standard InChI is InChI=1S/C30H33N7O4S2/c1-39-25-17-20(18-26-29(38)37(30(42)43-26)9-3-2-4-27-32-34-35-33-27)16-23(21-5-6-24-22(19-21)7-8-31-24)28(25)41-15-12-36-10-13-40-14-11-36/h5-8,16-19,31H,2-4,9-15H2,1H3,(H,32,33,34,35)/b26-18-. The van der Waals surface area contributed by atoms with Gasteiger partial charge in [-0.05, 0) is 65.8 Å². The van der Waals surface area contributed by atoms with E-state index in [9.17, 15) is 4.79 Å². The molecule has 6 rings (SSSR count). The number of rotatable bonds is 12. The normalized spacial score (nSPS) is 17.0. The van der Waals surface area contributed by atoms with Crippen molar-refractivity contribution in [2.24, 2.45) is 0 Å². The fourth-order valence-corrected chi connectivity index (χ4v) is 6.54. The van der Waals surface area contributed by atoms with Gasteiger partial charge in [0, 0.05) is 49.9 Å². The molecule has 0 spiro atoms. The van der Waals surface area contributed by atoms with Crippen LogP contribution in [-0.2, 0) is 16.0 Å². The molecule has 2 aromatic carbocycles. The number of aromatic amines is 2. The molecule has 0 saturated carbocycles. The van der Waals surface area contributed by atoms with Gasteiger partial charge in [-0.15, -0.1) is 10.2 Å². The van der Waals surface area contributed by atoms with Crippen LogP contribution in [0.1, 0.15) is 24.2 Å². The highest BCUT2D eigenvalue weighted by molar-refractivity contribution is 8.26. The van der Waals surface area contributed by atoms with Crippen LogP contribution in [-0.4, -0.2) is 98.7 Å². The lowest BCUT2D eigenvalue weighted by Crippen LogP contribution is -2.38. The number of hydrogen-bond acceptors (Lipinski definition) is 10.